The molecule has 0 bridgehead atoms. The SMILES string of the molecule is COc1ccccc1CNCC(=O)Nc1ccc(C)cc1Br. The van der Waals surface area contributed by atoms with Crippen molar-refractivity contribution in [3.8, 4) is 5.75 Å². The predicted molar refractivity (Wildman–Crippen MR) is 92.2 cm³/mol. The lowest BCUT2D eigenvalue weighted by molar-refractivity contribution is -0.115. The Morgan fingerprint density at radius 1 is 1.23 bits per heavy atom. The van der Waals surface area contributed by atoms with E-state index in [0.29, 0.717) is 6.54 Å². The zero-order valence-corrected chi connectivity index (χ0v) is 14.2. The average Bonchev–Trinajstić information content (AvgIpc) is 2.50. The van der Waals surface area contributed by atoms with Crippen molar-refractivity contribution in [3.05, 3.63) is 58.1 Å². The topological polar surface area (TPSA) is 50.4 Å². The highest BCUT2D eigenvalue weighted by Crippen LogP contribution is 2.23. The molecule has 0 spiro atoms. The molecule has 2 aromatic carbocycles. The molecule has 0 aliphatic rings. The lowest BCUT2D eigenvalue weighted by Gasteiger charge is -2.11. The molecule has 0 unspecified atom stereocenters. The molecule has 0 aliphatic heterocycles. The summed E-state index contributed by atoms with van der Waals surface area (Å²) in [6, 6.07) is 13.6. The Bertz CT molecular complexity index is 659. The molecule has 5 heteroatoms. The van der Waals surface area contributed by atoms with Crippen LogP contribution in [0.2, 0.25) is 0 Å². The van der Waals surface area contributed by atoms with Gasteiger partial charge in [-0.15, -0.1) is 0 Å². The van der Waals surface area contributed by atoms with E-state index in [1.54, 1.807) is 7.11 Å². The van der Waals surface area contributed by atoms with Crippen LogP contribution in [0.15, 0.2) is 46.9 Å². The molecule has 1 amide bonds. The standard InChI is InChI=1S/C17H19BrN2O2/c1-12-7-8-15(14(18)9-12)20-17(21)11-19-10-13-5-3-4-6-16(13)22-2/h3-9,19H,10-11H2,1-2H3,(H,20,21). The maximum Gasteiger partial charge on any atom is 0.238 e. The molecule has 2 rings (SSSR count). The minimum atomic E-state index is -0.0838. The van der Waals surface area contributed by atoms with Crippen molar-refractivity contribution < 1.29 is 9.53 Å². The molecule has 2 aromatic rings. The van der Waals surface area contributed by atoms with Crippen molar-refractivity contribution in [2.24, 2.45) is 0 Å². The van der Waals surface area contributed by atoms with Crippen molar-refractivity contribution >= 4 is 27.5 Å². The minimum absolute atomic E-state index is 0.0838. The van der Waals surface area contributed by atoms with Gasteiger partial charge >= 0.3 is 0 Å². The fourth-order valence-corrected chi connectivity index (χ4v) is 2.67. The molecule has 0 heterocycles. The lowest BCUT2D eigenvalue weighted by Crippen LogP contribution is -2.28. The Morgan fingerprint density at radius 3 is 2.73 bits per heavy atom. The van der Waals surface area contributed by atoms with Crippen molar-refractivity contribution in [2.75, 3.05) is 19.0 Å². The van der Waals surface area contributed by atoms with Gasteiger partial charge in [-0.2, -0.15) is 0 Å². The number of carbonyl (C=O) groups is 1. The number of hydrogen-bond donors (Lipinski definition) is 2. The van der Waals surface area contributed by atoms with E-state index in [9.17, 15) is 4.79 Å². The van der Waals surface area contributed by atoms with E-state index in [0.717, 1.165) is 27.0 Å². The maximum atomic E-state index is 12.0. The summed E-state index contributed by atoms with van der Waals surface area (Å²) in [6.45, 7) is 2.82. The van der Waals surface area contributed by atoms with Crippen LogP contribution in [0.25, 0.3) is 0 Å². The fraction of sp³-hybridized carbons (Fsp3) is 0.235. The zero-order valence-electron chi connectivity index (χ0n) is 12.7. The molecular formula is C17H19BrN2O2. The van der Waals surface area contributed by atoms with Crippen LogP contribution in [0.3, 0.4) is 0 Å². The molecule has 0 aliphatic carbocycles. The molecule has 0 saturated heterocycles. The molecular weight excluding hydrogens is 344 g/mol. The number of para-hydroxylation sites is 1. The maximum absolute atomic E-state index is 12.0. The van der Waals surface area contributed by atoms with Gasteiger partial charge in [0.05, 0.1) is 19.3 Å². The van der Waals surface area contributed by atoms with Gasteiger partial charge in [0.1, 0.15) is 5.75 Å². The molecule has 0 radical (unpaired) electrons. The van der Waals surface area contributed by atoms with Crippen molar-refractivity contribution in [1.82, 2.24) is 5.32 Å². The quantitative estimate of drug-likeness (QED) is 0.826. The van der Waals surface area contributed by atoms with Crippen molar-refractivity contribution in [1.29, 1.82) is 0 Å². The summed E-state index contributed by atoms with van der Waals surface area (Å²) in [7, 11) is 1.64. The first-order valence-corrected chi connectivity index (χ1v) is 7.78. The number of ether oxygens (including phenoxy) is 1. The average molecular weight is 363 g/mol. The second-order valence-electron chi connectivity index (χ2n) is 4.95. The van der Waals surface area contributed by atoms with Gasteiger partial charge in [0, 0.05) is 16.6 Å². The number of halogens is 1. The number of benzene rings is 2. The van der Waals surface area contributed by atoms with Crippen LogP contribution < -0.4 is 15.4 Å². The number of amides is 1. The minimum Gasteiger partial charge on any atom is -0.496 e. The van der Waals surface area contributed by atoms with E-state index in [-0.39, 0.29) is 12.5 Å². The summed E-state index contributed by atoms with van der Waals surface area (Å²) in [6.07, 6.45) is 0. The second kappa shape index (κ2) is 7.96. The normalized spacial score (nSPS) is 10.3. The van der Waals surface area contributed by atoms with Crippen LogP contribution in [0.5, 0.6) is 5.75 Å². The molecule has 2 N–H and O–H groups in total. The van der Waals surface area contributed by atoms with E-state index in [2.05, 4.69) is 26.6 Å². The van der Waals surface area contributed by atoms with Crippen LogP contribution in [0.1, 0.15) is 11.1 Å². The Kier molecular flexibility index (Phi) is 5.98. The largest absolute Gasteiger partial charge is 0.496 e. The third-order valence-electron chi connectivity index (χ3n) is 3.19. The molecule has 116 valence electrons. The van der Waals surface area contributed by atoms with Gasteiger partial charge in [0.25, 0.3) is 0 Å². The smallest absolute Gasteiger partial charge is 0.238 e. The number of methoxy groups -OCH3 is 1. The van der Waals surface area contributed by atoms with Crippen LogP contribution in [0, 0.1) is 6.92 Å². The third kappa shape index (κ3) is 4.58. The Hall–Kier alpha value is -1.85. The van der Waals surface area contributed by atoms with Gasteiger partial charge in [-0.25, -0.2) is 0 Å². The fourth-order valence-electron chi connectivity index (χ4n) is 2.08. The monoisotopic (exact) mass is 362 g/mol. The van der Waals surface area contributed by atoms with Gasteiger partial charge < -0.3 is 15.4 Å². The van der Waals surface area contributed by atoms with Crippen LogP contribution >= 0.6 is 15.9 Å². The Labute approximate surface area is 139 Å². The number of rotatable bonds is 6. The van der Waals surface area contributed by atoms with E-state index in [1.807, 2.05) is 49.4 Å². The first-order chi connectivity index (χ1) is 10.6. The van der Waals surface area contributed by atoms with Crippen molar-refractivity contribution in [2.45, 2.75) is 13.5 Å². The van der Waals surface area contributed by atoms with E-state index in [1.165, 1.54) is 0 Å². The third-order valence-corrected chi connectivity index (χ3v) is 3.85. The number of anilines is 1. The summed E-state index contributed by atoms with van der Waals surface area (Å²) in [4.78, 5) is 12.0. The summed E-state index contributed by atoms with van der Waals surface area (Å²) >= 11 is 3.45. The molecule has 0 fully saturated rings. The van der Waals surface area contributed by atoms with Crippen LogP contribution in [0.4, 0.5) is 5.69 Å². The lowest BCUT2D eigenvalue weighted by atomic mass is 10.2. The summed E-state index contributed by atoms with van der Waals surface area (Å²) in [5.74, 6) is 0.733. The summed E-state index contributed by atoms with van der Waals surface area (Å²) in [5.41, 5.74) is 2.93. The second-order valence-corrected chi connectivity index (χ2v) is 5.80. The Balaban J connectivity index is 1.85. The molecule has 22 heavy (non-hydrogen) atoms. The van der Waals surface area contributed by atoms with Crippen LogP contribution in [-0.4, -0.2) is 19.6 Å². The van der Waals surface area contributed by atoms with Crippen LogP contribution in [-0.2, 0) is 11.3 Å². The Morgan fingerprint density at radius 2 is 2.00 bits per heavy atom. The number of hydrogen-bond acceptors (Lipinski definition) is 3. The summed E-state index contributed by atoms with van der Waals surface area (Å²) in [5, 5.41) is 5.99. The van der Waals surface area contributed by atoms with E-state index in [4.69, 9.17) is 4.74 Å². The van der Waals surface area contributed by atoms with Gasteiger partial charge in [-0.05, 0) is 46.6 Å². The number of aryl methyl sites for hydroxylation is 1. The number of carbonyl (C=O) groups excluding carboxylic acids is 1. The molecule has 0 atom stereocenters. The van der Waals surface area contributed by atoms with Gasteiger partial charge in [0.2, 0.25) is 5.91 Å². The summed E-state index contributed by atoms with van der Waals surface area (Å²) < 4.78 is 6.16. The first kappa shape index (κ1) is 16.5. The highest BCUT2D eigenvalue weighted by atomic mass is 79.9. The van der Waals surface area contributed by atoms with Gasteiger partial charge in [-0.3, -0.25) is 4.79 Å². The van der Waals surface area contributed by atoms with Gasteiger partial charge in [-0.1, -0.05) is 24.3 Å². The first-order valence-electron chi connectivity index (χ1n) is 6.99. The van der Waals surface area contributed by atoms with E-state index >= 15 is 0 Å². The highest BCUT2D eigenvalue weighted by Gasteiger charge is 2.06. The predicted octanol–water partition coefficient (Wildman–Crippen LogP) is 3.49. The van der Waals surface area contributed by atoms with E-state index < -0.39 is 0 Å². The molecule has 4 nitrogen and oxygen atoms in total. The molecule has 0 aromatic heterocycles. The number of nitrogens with one attached hydrogen (secondary N) is 2. The highest BCUT2D eigenvalue weighted by molar-refractivity contribution is 9.10. The zero-order chi connectivity index (χ0) is 15.9. The van der Waals surface area contributed by atoms with Crippen molar-refractivity contribution in [3.63, 3.8) is 0 Å². The molecule has 0 saturated carbocycles. The van der Waals surface area contributed by atoms with Gasteiger partial charge in [0.15, 0.2) is 0 Å².